The fourth-order valence-electron chi connectivity index (χ4n) is 3.27. The molecule has 0 aliphatic carbocycles. The molecule has 0 saturated heterocycles. The third-order valence-corrected chi connectivity index (χ3v) is 5.62. The molecule has 0 atom stereocenters. The molecular weight excluding hydrogens is 402 g/mol. The summed E-state index contributed by atoms with van der Waals surface area (Å²) in [4.78, 5) is 30.9. The van der Waals surface area contributed by atoms with Gasteiger partial charge in [-0.25, -0.2) is 9.78 Å². The van der Waals surface area contributed by atoms with Gasteiger partial charge in [-0.1, -0.05) is 18.2 Å². The van der Waals surface area contributed by atoms with E-state index >= 15 is 0 Å². The summed E-state index contributed by atoms with van der Waals surface area (Å²) >= 11 is 1.14. The lowest BCUT2D eigenvalue weighted by Gasteiger charge is -2.13. The lowest BCUT2D eigenvalue weighted by Crippen LogP contribution is -2.16. The number of para-hydroxylation sites is 1. The van der Waals surface area contributed by atoms with E-state index in [2.05, 4.69) is 10.3 Å². The highest BCUT2D eigenvalue weighted by Gasteiger charge is 2.28. The first-order valence-corrected chi connectivity index (χ1v) is 10.1. The summed E-state index contributed by atoms with van der Waals surface area (Å²) in [5.74, 6) is -0.400. The van der Waals surface area contributed by atoms with Gasteiger partial charge in [0.05, 0.1) is 29.8 Å². The third-order valence-electron chi connectivity index (χ3n) is 4.54. The van der Waals surface area contributed by atoms with Crippen molar-refractivity contribution in [3.63, 3.8) is 0 Å². The molecule has 4 aromatic rings. The molecule has 3 aromatic heterocycles. The number of hydrogen-bond acceptors (Lipinski definition) is 7. The number of ether oxygens (including phenoxy) is 1. The van der Waals surface area contributed by atoms with Gasteiger partial charge in [-0.3, -0.25) is 4.79 Å². The highest BCUT2D eigenvalue weighted by Crippen LogP contribution is 2.42. The van der Waals surface area contributed by atoms with Gasteiger partial charge in [-0.15, -0.1) is 11.3 Å². The Kier molecular flexibility index (Phi) is 5.24. The molecule has 8 heteroatoms. The number of rotatable bonds is 5. The maximum Gasteiger partial charge on any atom is 0.350 e. The van der Waals surface area contributed by atoms with Crippen LogP contribution in [-0.4, -0.2) is 23.5 Å². The Morgan fingerprint density at radius 3 is 2.63 bits per heavy atom. The fraction of sp³-hybridized carbons (Fsp3) is 0.136. The minimum atomic E-state index is -0.517. The number of nitrogens with two attached hydrogens (primary N) is 1. The van der Waals surface area contributed by atoms with E-state index in [0.29, 0.717) is 38.5 Å². The molecule has 0 bridgehead atoms. The van der Waals surface area contributed by atoms with Gasteiger partial charge in [0.1, 0.15) is 15.5 Å². The van der Waals surface area contributed by atoms with Crippen LogP contribution in [0.4, 0.5) is 11.4 Å². The number of nitrogens with zero attached hydrogens (tertiary/aromatic N) is 1. The van der Waals surface area contributed by atoms with Crippen LogP contribution < -0.4 is 11.1 Å². The average molecular weight is 421 g/mol. The van der Waals surface area contributed by atoms with Crippen molar-refractivity contribution in [2.75, 3.05) is 17.7 Å². The zero-order valence-corrected chi connectivity index (χ0v) is 17.2. The number of hydrogen-bond donors (Lipinski definition) is 2. The van der Waals surface area contributed by atoms with Crippen molar-refractivity contribution in [2.45, 2.75) is 13.8 Å². The van der Waals surface area contributed by atoms with E-state index in [-0.39, 0.29) is 23.1 Å². The van der Waals surface area contributed by atoms with Crippen molar-refractivity contribution < 1.29 is 18.7 Å². The number of carbonyl (C=O) groups is 2. The summed E-state index contributed by atoms with van der Waals surface area (Å²) in [7, 11) is 0. The third kappa shape index (κ3) is 3.42. The molecule has 0 aliphatic rings. The molecular formula is C22H19N3O4S. The molecule has 0 aliphatic heterocycles. The van der Waals surface area contributed by atoms with Gasteiger partial charge in [0.15, 0.2) is 0 Å². The monoisotopic (exact) mass is 421 g/mol. The molecule has 7 nitrogen and oxygen atoms in total. The Labute approximate surface area is 176 Å². The van der Waals surface area contributed by atoms with E-state index in [9.17, 15) is 9.59 Å². The molecule has 3 N–H and O–H groups in total. The summed E-state index contributed by atoms with van der Waals surface area (Å²) in [6, 6.07) is 12.6. The first-order valence-electron chi connectivity index (χ1n) is 9.31. The number of aromatic nitrogens is 1. The van der Waals surface area contributed by atoms with Crippen molar-refractivity contribution in [1.82, 2.24) is 4.98 Å². The first kappa shape index (κ1) is 19.7. The Morgan fingerprint density at radius 2 is 1.97 bits per heavy atom. The van der Waals surface area contributed by atoms with E-state index < -0.39 is 5.97 Å². The van der Waals surface area contributed by atoms with E-state index in [1.165, 1.54) is 6.26 Å². The zero-order valence-electron chi connectivity index (χ0n) is 16.4. The first-order chi connectivity index (χ1) is 14.5. The van der Waals surface area contributed by atoms with Crippen molar-refractivity contribution in [3.8, 4) is 11.3 Å². The van der Waals surface area contributed by atoms with E-state index in [1.54, 1.807) is 38.1 Å². The second-order valence-electron chi connectivity index (χ2n) is 6.49. The maximum atomic E-state index is 13.2. The predicted molar refractivity (Wildman–Crippen MR) is 117 cm³/mol. The number of amides is 1. The average Bonchev–Trinajstić information content (AvgIpc) is 3.36. The van der Waals surface area contributed by atoms with Crippen LogP contribution >= 0.6 is 11.3 Å². The van der Waals surface area contributed by atoms with Gasteiger partial charge < -0.3 is 20.2 Å². The van der Waals surface area contributed by atoms with Crippen molar-refractivity contribution in [2.24, 2.45) is 0 Å². The van der Waals surface area contributed by atoms with Crippen LogP contribution in [0.15, 0.2) is 53.1 Å². The molecule has 0 radical (unpaired) electrons. The summed E-state index contributed by atoms with van der Waals surface area (Å²) in [5, 5.41) is 3.39. The largest absolute Gasteiger partial charge is 0.464 e. The molecule has 0 saturated carbocycles. The number of pyridine rings is 1. The second-order valence-corrected chi connectivity index (χ2v) is 7.49. The van der Waals surface area contributed by atoms with Crippen molar-refractivity contribution in [1.29, 1.82) is 0 Å². The Bertz CT molecular complexity index is 1230. The van der Waals surface area contributed by atoms with Crippen LogP contribution in [0.25, 0.3) is 21.5 Å². The van der Waals surface area contributed by atoms with Crippen LogP contribution in [0, 0.1) is 6.92 Å². The molecule has 0 spiro atoms. The predicted octanol–water partition coefficient (Wildman–Crippen LogP) is 4.88. The molecule has 0 fully saturated rings. The minimum absolute atomic E-state index is 0.223. The molecule has 1 aromatic carbocycles. The highest BCUT2D eigenvalue weighted by atomic mass is 32.1. The van der Waals surface area contributed by atoms with Crippen LogP contribution in [0.1, 0.15) is 32.6 Å². The number of fused-ring (bicyclic) bond motifs is 1. The minimum Gasteiger partial charge on any atom is -0.464 e. The maximum absolute atomic E-state index is 13.2. The van der Waals surface area contributed by atoms with Gasteiger partial charge in [0.25, 0.3) is 5.91 Å². The number of anilines is 2. The molecule has 30 heavy (non-hydrogen) atoms. The molecule has 0 unspecified atom stereocenters. The summed E-state index contributed by atoms with van der Waals surface area (Å²) in [5.41, 5.74) is 8.55. The van der Waals surface area contributed by atoms with Gasteiger partial charge in [0.2, 0.25) is 0 Å². The zero-order chi connectivity index (χ0) is 21.3. The van der Waals surface area contributed by atoms with Gasteiger partial charge >= 0.3 is 5.97 Å². The lowest BCUT2D eigenvalue weighted by atomic mass is 9.99. The van der Waals surface area contributed by atoms with Crippen LogP contribution in [0.3, 0.4) is 0 Å². The van der Waals surface area contributed by atoms with E-state index in [0.717, 1.165) is 11.3 Å². The summed E-state index contributed by atoms with van der Waals surface area (Å²) < 4.78 is 10.7. The van der Waals surface area contributed by atoms with Crippen LogP contribution in [-0.2, 0) is 4.74 Å². The number of carbonyl (C=O) groups excluding carboxylic acids is 2. The summed E-state index contributed by atoms with van der Waals surface area (Å²) in [6.07, 6.45) is 1.52. The van der Waals surface area contributed by atoms with Crippen LogP contribution in [0.5, 0.6) is 0 Å². The topological polar surface area (TPSA) is 107 Å². The van der Waals surface area contributed by atoms with Crippen molar-refractivity contribution in [3.05, 3.63) is 64.9 Å². The standard InChI is InChI=1S/C22H19N3O4S/c1-3-28-22(27)19-18(23)17-16(14-10-7-11-29-14)15(12(2)24-21(17)30-19)20(26)25-13-8-5-4-6-9-13/h4-11H,3,23H2,1-2H3,(H,25,26). The van der Waals surface area contributed by atoms with Gasteiger partial charge in [-0.2, -0.15) is 0 Å². The Balaban J connectivity index is 1.95. The van der Waals surface area contributed by atoms with Crippen molar-refractivity contribution >= 4 is 44.8 Å². The second kappa shape index (κ2) is 8.00. The number of furan rings is 1. The highest BCUT2D eigenvalue weighted by molar-refractivity contribution is 7.21. The van der Waals surface area contributed by atoms with Gasteiger partial charge in [-0.05, 0) is 38.1 Å². The van der Waals surface area contributed by atoms with Gasteiger partial charge in [0, 0.05) is 16.6 Å². The van der Waals surface area contributed by atoms with Crippen LogP contribution in [0.2, 0.25) is 0 Å². The molecule has 4 rings (SSSR count). The summed E-state index contributed by atoms with van der Waals surface area (Å²) in [6.45, 7) is 3.70. The fourth-order valence-corrected chi connectivity index (χ4v) is 4.32. The van der Waals surface area contributed by atoms with E-state index in [1.807, 2.05) is 18.2 Å². The number of nitrogen functional groups attached to an aromatic ring is 1. The Hall–Kier alpha value is -3.65. The number of esters is 1. The molecule has 3 heterocycles. The molecule has 152 valence electrons. The quantitative estimate of drug-likeness (QED) is 0.445. The SMILES string of the molecule is CCOC(=O)c1sc2nc(C)c(C(=O)Nc3ccccc3)c(-c3ccco3)c2c1N. The normalized spacial score (nSPS) is 10.9. The number of benzene rings is 1. The number of thiophene rings is 1. The molecule has 1 amide bonds. The smallest absolute Gasteiger partial charge is 0.350 e. The number of aryl methyl sites for hydroxylation is 1. The Morgan fingerprint density at radius 1 is 1.20 bits per heavy atom. The number of nitrogens with one attached hydrogen (secondary N) is 1. The lowest BCUT2D eigenvalue weighted by molar-refractivity contribution is 0.0533. The van der Waals surface area contributed by atoms with E-state index in [4.69, 9.17) is 14.9 Å².